The van der Waals surface area contributed by atoms with Crippen LogP contribution in [0.3, 0.4) is 0 Å². The molecule has 8 nitrogen and oxygen atoms in total. The predicted molar refractivity (Wildman–Crippen MR) is 139 cm³/mol. The molecule has 1 atom stereocenters. The van der Waals surface area contributed by atoms with Crippen LogP contribution in [0.4, 0.5) is 16.3 Å². The third kappa shape index (κ3) is 6.35. The molecule has 2 aromatic heterocycles. The molecular formula is C28H28N4O4. The van der Waals surface area contributed by atoms with Crippen LogP contribution in [0.1, 0.15) is 26.3 Å². The molecule has 0 saturated heterocycles. The molecule has 0 saturated carbocycles. The Morgan fingerprint density at radius 3 is 2.42 bits per heavy atom. The third-order valence-corrected chi connectivity index (χ3v) is 5.35. The van der Waals surface area contributed by atoms with E-state index in [-0.39, 0.29) is 6.42 Å². The van der Waals surface area contributed by atoms with Crippen LogP contribution >= 0.6 is 0 Å². The van der Waals surface area contributed by atoms with Gasteiger partial charge in [0.25, 0.3) is 0 Å². The summed E-state index contributed by atoms with van der Waals surface area (Å²) in [7, 11) is 0. The molecule has 3 N–H and O–H groups in total. The molecule has 4 rings (SSSR count). The van der Waals surface area contributed by atoms with Gasteiger partial charge in [0.1, 0.15) is 17.5 Å². The number of ether oxygens (including phenoxy) is 1. The lowest BCUT2D eigenvalue weighted by molar-refractivity contribution is -0.139. The number of hydrogen-bond acceptors (Lipinski definition) is 6. The first kappa shape index (κ1) is 24.7. The van der Waals surface area contributed by atoms with Crippen molar-refractivity contribution in [2.75, 3.05) is 5.32 Å². The monoisotopic (exact) mass is 484 g/mol. The van der Waals surface area contributed by atoms with Gasteiger partial charge in [-0.15, -0.1) is 0 Å². The molecule has 4 aromatic rings. The largest absolute Gasteiger partial charge is 0.480 e. The van der Waals surface area contributed by atoms with E-state index in [0.717, 1.165) is 33.3 Å². The average molecular weight is 485 g/mol. The molecule has 0 spiro atoms. The fraction of sp³-hybridized carbons (Fsp3) is 0.214. The van der Waals surface area contributed by atoms with Crippen LogP contribution in [0.15, 0.2) is 79.1 Å². The lowest BCUT2D eigenvalue weighted by Crippen LogP contribution is -2.44. The van der Waals surface area contributed by atoms with Gasteiger partial charge in [-0.05, 0) is 56.0 Å². The second-order valence-electron chi connectivity index (χ2n) is 9.38. The summed E-state index contributed by atoms with van der Waals surface area (Å²) < 4.78 is 5.18. The zero-order valence-corrected chi connectivity index (χ0v) is 20.4. The fourth-order valence-corrected chi connectivity index (χ4v) is 3.69. The molecule has 0 fully saturated rings. The number of amides is 1. The van der Waals surface area contributed by atoms with Crippen molar-refractivity contribution in [1.82, 2.24) is 15.3 Å². The fourth-order valence-electron chi connectivity index (χ4n) is 3.69. The minimum absolute atomic E-state index is 0.115. The Morgan fingerprint density at radius 2 is 1.75 bits per heavy atom. The molecular weight excluding hydrogens is 456 g/mol. The summed E-state index contributed by atoms with van der Waals surface area (Å²) in [6.45, 7) is 5.16. The van der Waals surface area contributed by atoms with E-state index < -0.39 is 23.7 Å². The van der Waals surface area contributed by atoms with Gasteiger partial charge in [-0.3, -0.25) is 4.98 Å². The van der Waals surface area contributed by atoms with Crippen molar-refractivity contribution in [3.8, 4) is 11.3 Å². The number of carbonyl (C=O) groups excluding carboxylic acids is 1. The molecule has 0 bridgehead atoms. The van der Waals surface area contributed by atoms with Gasteiger partial charge in [-0.25, -0.2) is 14.6 Å². The number of pyridine rings is 2. The van der Waals surface area contributed by atoms with Gasteiger partial charge in [0, 0.05) is 35.5 Å². The van der Waals surface area contributed by atoms with E-state index in [1.165, 1.54) is 0 Å². The maximum absolute atomic E-state index is 12.0. The highest BCUT2D eigenvalue weighted by atomic mass is 16.6. The van der Waals surface area contributed by atoms with Crippen LogP contribution < -0.4 is 10.6 Å². The number of carbonyl (C=O) groups is 2. The Balaban J connectivity index is 1.53. The number of nitrogens with one attached hydrogen (secondary N) is 2. The summed E-state index contributed by atoms with van der Waals surface area (Å²) >= 11 is 0. The molecule has 2 aromatic carbocycles. The SMILES string of the molecule is CC(C)(C)OC(=O)N[C@@H](Cc1ccc(Nc2nc(-c3ccccc3)cc3ccncc23)cc1)C(=O)O. The Morgan fingerprint density at radius 1 is 1.03 bits per heavy atom. The molecule has 184 valence electrons. The number of carboxylic acids is 1. The van der Waals surface area contributed by atoms with Gasteiger partial charge >= 0.3 is 12.1 Å². The molecule has 0 unspecified atom stereocenters. The van der Waals surface area contributed by atoms with Gasteiger partial charge in [0.2, 0.25) is 0 Å². The molecule has 1 amide bonds. The molecule has 0 radical (unpaired) electrons. The lowest BCUT2D eigenvalue weighted by Gasteiger charge is -2.22. The van der Waals surface area contributed by atoms with Gasteiger partial charge in [-0.1, -0.05) is 42.5 Å². The summed E-state index contributed by atoms with van der Waals surface area (Å²) in [6.07, 6.45) is 2.87. The number of nitrogens with zero attached hydrogens (tertiary/aromatic N) is 2. The number of fused-ring (bicyclic) bond motifs is 1. The van der Waals surface area contributed by atoms with Gasteiger partial charge < -0.3 is 20.5 Å². The minimum Gasteiger partial charge on any atom is -0.480 e. The quantitative estimate of drug-likeness (QED) is 0.315. The van der Waals surface area contributed by atoms with Crippen molar-refractivity contribution in [2.45, 2.75) is 38.8 Å². The van der Waals surface area contributed by atoms with Crippen LogP contribution in [-0.4, -0.2) is 38.8 Å². The molecule has 36 heavy (non-hydrogen) atoms. The summed E-state index contributed by atoms with van der Waals surface area (Å²) in [5.74, 6) is -0.467. The third-order valence-electron chi connectivity index (χ3n) is 5.35. The highest BCUT2D eigenvalue weighted by Gasteiger charge is 2.24. The van der Waals surface area contributed by atoms with Crippen molar-refractivity contribution in [1.29, 1.82) is 0 Å². The van der Waals surface area contributed by atoms with Gasteiger partial charge in [0.05, 0.1) is 5.69 Å². The van der Waals surface area contributed by atoms with Crippen LogP contribution in [0.2, 0.25) is 0 Å². The molecule has 0 aliphatic heterocycles. The lowest BCUT2D eigenvalue weighted by atomic mass is 10.1. The van der Waals surface area contributed by atoms with Crippen LogP contribution in [-0.2, 0) is 16.0 Å². The number of aromatic nitrogens is 2. The van der Waals surface area contributed by atoms with E-state index in [9.17, 15) is 14.7 Å². The second kappa shape index (κ2) is 10.4. The summed E-state index contributed by atoms with van der Waals surface area (Å²) in [6, 6.07) is 20.1. The Kier molecular flexibility index (Phi) is 7.15. The number of carboxylic acid groups (broad SMARTS) is 1. The topological polar surface area (TPSA) is 113 Å². The number of rotatable bonds is 7. The number of benzene rings is 2. The predicted octanol–water partition coefficient (Wildman–Crippen LogP) is 5.56. The van der Waals surface area contributed by atoms with Crippen molar-refractivity contribution in [3.05, 3.63) is 84.7 Å². The molecule has 2 heterocycles. The van der Waals surface area contributed by atoms with Gasteiger partial charge in [-0.2, -0.15) is 0 Å². The molecule has 8 heteroatoms. The first-order chi connectivity index (χ1) is 17.2. The smallest absolute Gasteiger partial charge is 0.408 e. The van der Waals surface area contributed by atoms with E-state index in [1.54, 1.807) is 33.2 Å². The number of alkyl carbamates (subject to hydrolysis) is 1. The van der Waals surface area contributed by atoms with Crippen molar-refractivity contribution in [3.63, 3.8) is 0 Å². The number of anilines is 2. The van der Waals surface area contributed by atoms with Crippen LogP contribution in [0, 0.1) is 0 Å². The van der Waals surface area contributed by atoms with E-state index in [1.807, 2.05) is 66.7 Å². The standard InChI is InChI=1S/C28H28N4O4/c1-28(2,3)36-27(35)32-24(26(33)34)15-18-9-11-21(12-10-18)30-25-22-17-29-14-13-20(22)16-23(31-25)19-7-5-4-6-8-19/h4-14,16-17,24H,15H2,1-3H3,(H,30,31)(H,32,35)(H,33,34)/t24-/m0/s1. The van der Waals surface area contributed by atoms with Crippen molar-refractivity contribution >= 4 is 34.3 Å². The maximum Gasteiger partial charge on any atom is 0.408 e. The average Bonchev–Trinajstić information content (AvgIpc) is 2.84. The van der Waals surface area contributed by atoms with Crippen LogP contribution in [0.25, 0.3) is 22.0 Å². The van der Waals surface area contributed by atoms with E-state index in [2.05, 4.69) is 15.6 Å². The Hall–Kier alpha value is -4.46. The minimum atomic E-state index is -1.14. The number of hydrogen-bond donors (Lipinski definition) is 3. The highest BCUT2D eigenvalue weighted by Crippen LogP contribution is 2.29. The summed E-state index contributed by atoms with van der Waals surface area (Å²) in [5, 5.41) is 17.2. The van der Waals surface area contributed by atoms with Crippen LogP contribution in [0.5, 0.6) is 0 Å². The first-order valence-electron chi connectivity index (χ1n) is 11.6. The maximum atomic E-state index is 12.0. The number of aliphatic carboxylic acids is 1. The van der Waals surface area contributed by atoms with E-state index in [4.69, 9.17) is 9.72 Å². The van der Waals surface area contributed by atoms with Crippen molar-refractivity contribution < 1.29 is 19.4 Å². The second-order valence-corrected chi connectivity index (χ2v) is 9.38. The van der Waals surface area contributed by atoms with Crippen molar-refractivity contribution in [2.24, 2.45) is 0 Å². The Bertz CT molecular complexity index is 1370. The van der Waals surface area contributed by atoms with E-state index in [0.29, 0.717) is 5.82 Å². The molecule has 0 aliphatic carbocycles. The van der Waals surface area contributed by atoms with E-state index >= 15 is 0 Å². The zero-order chi connectivity index (χ0) is 25.7. The zero-order valence-electron chi connectivity index (χ0n) is 20.4. The Labute approximate surface area is 209 Å². The highest BCUT2D eigenvalue weighted by molar-refractivity contribution is 5.95. The van der Waals surface area contributed by atoms with Gasteiger partial charge in [0.15, 0.2) is 0 Å². The summed E-state index contributed by atoms with van der Waals surface area (Å²) in [5.41, 5.74) is 2.67. The summed E-state index contributed by atoms with van der Waals surface area (Å²) in [4.78, 5) is 32.8. The normalized spacial score (nSPS) is 12.1. The molecule has 0 aliphatic rings. The first-order valence-corrected chi connectivity index (χ1v) is 11.6.